The molecule has 8 heteroatoms. The van der Waals surface area contributed by atoms with Crippen LogP contribution in [0.1, 0.15) is 116 Å². The molecule has 6 N–H and O–H groups in total. The van der Waals surface area contributed by atoms with Crippen LogP contribution in [0.25, 0.3) is 0 Å². The lowest BCUT2D eigenvalue weighted by Gasteiger charge is -2.07. The van der Waals surface area contributed by atoms with Gasteiger partial charge in [-0.2, -0.15) is 0 Å². The van der Waals surface area contributed by atoms with Crippen LogP contribution in [0.5, 0.6) is 0 Å². The zero-order valence-corrected chi connectivity index (χ0v) is 19.9. The molecule has 8 nitrogen and oxygen atoms in total. The van der Waals surface area contributed by atoms with Gasteiger partial charge in [0.2, 0.25) is 23.6 Å². The highest BCUT2D eigenvalue weighted by atomic mass is 16.2. The van der Waals surface area contributed by atoms with Crippen molar-refractivity contribution in [3.8, 4) is 0 Å². The maximum absolute atomic E-state index is 11.8. The van der Waals surface area contributed by atoms with Gasteiger partial charge in [-0.15, -0.1) is 0 Å². The van der Waals surface area contributed by atoms with Gasteiger partial charge in [0.15, 0.2) is 0 Å². The summed E-state index contributed by atoms with van der Waals surface area (Å²) in [6.07, 6.45) is 15.6. The molecule has 4 amide bonds. The second kappa shape index (κ2) is 22.1. The van der Waals surface area contributed by atoms with Crippen LogP contribution in [-0.4, -0.2) is 36.7 Å². The summed E-state index contributed by atoms with van der Waals surface area (Å²) in [7, 11) is 0. The summed E-state index contributed by atoms with van der Waals surface area (Å²) < 4.78 is 0. The number of hydrogen-bond donors (Lipinski definition) is 4. The second-order valence-electron chi connectivity index (χ2n) is 8.58. The fourth-order valence-electron chi connectivity index (χ4n) is 3.47. The monoisotopic (exact) mass is 454 g/mol. The third-order valence-corrected chi connectivity index (χ3v) is 5.40. The van der Waals surface area contributed by atoms with Crippen LogP contribution >= 0.6 is 0 Å². The topological polar surface area (TPSA) is 144 Å². The van der Waals surface area contributed by atoms with Crippen molar-refractivity contribution in [2.45, 2.75) is 116 Å². The molecule has 0 saturated carbocycles. The predicted molar refractivity (Wildman–Crippen MR) is 128 cm³/mol. The van der Waals surface area contributed by atoms with E-state index in [0.29, 0.717) is 38.8 Å². The molecular weight excluding hydrogens is 408 g/mol. The van der Waals surface area contributed by atoms with Crippen LogP contribution in [0.15, 0.2) is 0 Å². The van der Waals surface area contributed by atoms with Gasteiger partial charge < -0.3 is 22.1 Å². The first-order valence-corrected chi connectivity index (χ1v) is 12.5. The Hall–Kier alpha value is -2.12. The Morgan fingerprint density at radius 3 is 1.03 bits per heavy atom. The van der Waals surface area contributed by atoms with Gasteiger partial charge in [-0.3, -0.25) is 19.2 Å². The Labute approximate surface area is 194 Å². The molecule has 0 radical (unpaired) electrons. The summed E-state index contributed by atoms with van der Waals surface area (Å²) in [4.78, 5) is 44.8. The molecule has 0 fully saturated rings. The molecule has 0 aliphatic carbocycles. The molecule has 0 aromatic carbocycles. The minimum Gasteiger partial charge on any atom is -0.370 e. The molecule has 186 valence electrons. The van der Waals surface area contributed by atoms with Gasteiger partial charge in [-0.05, 0) is 38.5 Å². The normalized spacial score (nSPS) is 10.6. The van der Waals surface area contributed by atoms with E-state index in [1.807, 2.05) is 0 Å². The van der Waals surface area contributed by atoms with Crippen molar-refractivity contribution >= 4 is 23.6 Å². The van der Waals surface area contributed by atoms with Crippen LogP contribution in [-0.2, 0) is 19.2 Å². The summed E-state index contributed by atoms with van der Waals surface area (Å²) in [5, 5.41) is 5.93. The molecule has 0 spiro atoms. The average Bonchev–Trinajstić information content (AvgIpc) is 2.73. The van der Waals surface area contributed by atoms with Gasteiger partial charge in [-0.1, -0.05) is 51.4 Å². The highest BCUT2D eigenvalue weighted by molar-refractivity contribution is 5.76. The molecule has 0 atom stereocenters. The molecule has 0 saturated heterocycles. The molecular formula is C24H46N4O4. The van der Waals surface area contributed by atoms with Gasteiger partial charge in [0.1, 0.15) is 0 Å². The van der Waals surface area contributed by atoms with E-state index < -0.39 is 0 Å². The van der Waals surface area contributed by atoms with E-state index in [4.69, 9.17) is 11.5 Å². The lowest BCUT2D eigenvalue weighted by atomic mass is 10.1. The van der Waals surface area contributed by atoms with Crippen molar-refractivity contribution in [1.82, 2.24) is 10.6 Å². The van der Waals surface area contributed by atoms with E-state index in [9.17, 15) is 19.2 Å². The minimum atomic E-state index is -0.244. The van der Waals surface area contributed by atoms with Crippen LogP contribution in [0.3, 0.4) is 0 Å². The van der Waals surface area contributed by atoms with Gasteiger partial charge in [0.05, 0.1) is 0 Å². The predicted octanol–water partition coefficient (Wildman–Crippen LogP) is 3.21. The minimum absolute atomic E-state index is 0.113. The van der Waals surface area contributed by atoms with E-state index in [2.05, 4.69) is 10.6 Å². The number of carbonyl (C=O) groups is 4. The highest BCUT2D eigenvalue weighted by Gasteiger charge is 2.03. The molecule has 0 aromatic rings. The van der Waals surface area contributed by atoms with Gasteiger partial charge in [0.25, 0.3) is 0 Å². The third kappa shape index (κ3) is 24.2. The maximum atomic E-state index is 11.8. The number of carbonyl (C=O) groups excluding carboxylic acids is 4. The van der Waals surface area contributed by atoms with Crippen molar-refractivity contribution in [2.75, 3.05) is 13.1 Å². The fraction of sp³-hybridized carbons (Fsp3) is 0.833. The van der Waals surface area contributed by atoms with Crippen molar-refractivity contribution in [3.05, 3.63) is 0 Å². The Balaban J connectivity index is 3.30. The van der Waals surface area contributed by atoms with Crippen molar-refractivity contribution in [3.63, 3.8) is 0 Å². The molecule has 0 heterocycles. The standard InChI is InChI=1S/C24H46N4O4/c25-21(29)15-9-3-1-5-11-17-23(31)27-19-13-7-8-14-20-28-24(32)18-12-6-2-4-10-16-22(26)30/h1-20H2,(H2,25,29)(H2,26,30)(H,27,31)(H,28,32). The summed E-state index contributed by atoms with van der Waals surface area (Å²) >= 11 is 0. The average molecular weight is 455 g/mol. The summed E-state index contributed by atoms with van der Waals surface area (Å²) in [6, 6.07) is 0. The van der Waals surface area contributed by atoms with Crippen molar-refractivity contribution in [1.29, 1.82) is 0 Å². The number of nitrogens with one attached hydrogen (secondary N) is 2. The molecule has 0 rings (SSSR count). The number of rotatable bonds is 23. The number of hydrogen-bond acceptors (Lipinski definition) is 4. The highest BCUT2D eigenvalue weighted by Crippen LogP contribution is 2.08. The van der Waals surface area contributed by atoms with E-state index in [1.54, 1.807) is 0 Å². The first-order valence-electron chi connectivity index (χ1n) is 12.5. The molecule has 0 unspecified atom stereocenters. The van der Waals surface area contributed by atoms with Crippen molar-refractivity contribution < 1.29 is 19.2 Å². The number of unbranched alkanes of at least 4 members (excludes halogenated alkanes) is 11. The van der Waals surface area contributed by atoms with Crippen LogP contribution in [0, 0.1) is 0 Å². The Morgan fingerprint density at radius 1 is 0.406 bits per heavy atom. The smallest absolute Gasteiger partial charge is 0.219 e. The first-order chi connectivity index (χ1) is 15.4. The van der Waals surface area contributed by atoms with E-state index in [0.717, 1.165) is 89.9 Å². The molecule has 0 aliphatic rings. The van der Waals surface area contributed by atoms with Gasteiger partial charge >= 0.3 is 0 Å². The Kier molecular flexibility index (Phi) is 20.6. The summed E-state index contributed by atoms with van der Waals surface area (Å²) in [5.41, 5.74) is 10.2. The number of primary amides is 2. The zero-order valence-electron chi connectivity index (χ0n) is 19.9. The van der Waals surface area contributed by atoms with Gasteiger partial charge in [0, 0.05) is 38.8 Å². The molecule has 0 bridgehead atoms. The summed E-state index contributed by atoms with van der Waals surface area (Å²) in [6.45, 7) is 1.42. The van der Waals surface area contributed by atoms with Crippen LogP contribution < -0.4 is 22.1 Å². The van der Waals surface area contributed by atoms with E-state index in [-0.39, 0.29) is 23.6 Å². The lowest BCUT2D eigenvalue weighted by Crippen LogP contribution is -2.24. The first kappa shape index (κ1) is 29.9. The SMILES string of the molecule is NC(=O)CCCCCCCC(=O)NCCCCCCNC(=O)CCCCCCCC(N)=O. The van der Waals surface area contributed by atoms with E-state index in [1.165, 1.54) is 0 Å². The maximum Gasteiger partial charge on any atom is 0.219 e. The molecule has 32 heavy (non-hydrogen) atoms. The number of amides is 4. The molecule has 0 aliphatic heterocycles. The Bertz CT molecular complexity index is 480. The zero-order chi connectivity index (χ0) is 23.9. The molecule has 0 aromatic heterocycles. The van der Waals surface area contributed by atoms with E-state index >= 15 is 0 Å². The fourth-order valence-corrected chi connectivity index (χ4v) is 3.47. The third-order valence-electron chi connectivity index (χ3n) is 5.40. The van der Waals surface area contributed by atoms with Crippen molar-refractivity contribution in [2.24, 2.45) is 11.5 Å². The quantitative estimate of drug-likeness (QED) is 0.176. The second-order valence-corrected chi connectivity index (χ2v) is 8.58. The van der Waals surface area contributed by atoms with Gasteiger partial charge in [-0.25, -0.2) is 0 Å². The summed E-state index contributed by atoms with van der Waals surface area (Å²) in [5.74, 6) is -0.261. The lowest BCUT2D eigenvalue weighted by molar-refractivity contribution is -0.122. The Morgan fingerprint density at radius 2 is 0.688 bits per heavy atom. The van der Waals surface area contributed by atoms with Crippen LogP contribution in [0.2, 0.25) is 0 Å². The largest absolute Gasteiger partial charge is 0.370 e. The van der Waals surface area contributed by atoms with Crippen LogP contribution in [0.4, 0.5) is 0 Å². The number of nitrogens with two attached hydrogens (primary N) is 2.